The maximum atomic E-state index is 11.4. The van der Waals surface area contributed by atoms with Crippen molar-refractivity contribution in [3.63, 3.8) is 0 Å². The number of methoxy groups -OCH3 is 4. The van der Waals surface area contributed by atoms with Crippen LogP contribution >= 0.6 is 0 Å². The smallest absolute Gasteiger partial charge is 0.361 e. The van der Waals surface area contributed by atoms with Crippen molar-refractivity contribution >= 4 is 16.7 Å². The van der Waals surface area contributed by atoms with Gasteiger partial charge in [0.2, 0.25) is 0 Å². The van der Waals surface area contributed by atoms with Gasteiger partial charge in [-0.15, -0.1) is 0 Å². The lowest BCUT2D eigenvalue weighted by Crippen LogP contribution is -2.04. The number of carboxylic acids is 1. The van der Waals surface area contributed by atoms with Crippen LogP contribution < -0.4 is 18.9 Å². The van der Waals surface area contributed by atoms with Crippen molar-refractivity contribution in [1.82, 2.24) is 0 Å². The van der Waals surface area contributed by atoms with Crippen molar-refractivity contribution in [1.29, 1.82) is 0 Å². The molecule has 0 radical (unpaired) electrons. The largest absolute Gasteiger partial charge is 0.493 e. The molecular formula is C22H23O7+. The molecule has 7 nitrogen and oxygen atoms in total. The van der Waals surface area contributed by atoms with Crippen molar-refractivity contribution in [2.24, 2.45) is 0 Å². The molecule has 3 rings (SSSR count). The van der Waals surface area contributed by atoms with Crippen LogP contribution in [0.4, 0.5) is 0 Å². The molecule has 0 aliphatic rings. The van der Waals surface area contributed by atoms with Gasteiger partial charge in [-0.1, -0.05) is 0 Å². The van der Waals surface area contributed by atoms with Gasteiger partial charge >= 0.3 is 17.5 Å². The summed E-state index contributed by atoms with van der Waals surface area (Å²) in [6.45, 7) is 1.84. The first-order valence-electron chi connectivity index (χ1n) is 8.88. The van der Waals surface area contributed by atoms with E-state index in [-0.39, 0.29) is 6.42 Å². The molecule has 0 atom stereocenters. The van der Waals surface area contributed by atoms with Crippen molar-refractivity contribution in [2.45, 2.75) is 13.3 Å². The van der Waals surface area contributed by atoms with E-state index in [1.54, 1.807) is 26.4 Å². The van der Waals surface area contributed by atoms with E-state index in [0.717, 1.165) is 10.8 Å². The highest BCUT2D eigenvalue weighted by molar-refractivity contribution is 5.90. The van der Waals surface area contributed by atoms with Crippen LogP contribution in [0.1, 0.15) is 11.3 Å². The first kappa shape index (κ1) is 20.3. The molecule has 0 spiro atoms. The Morgan fingerprint density at radius 1 is 0.862 bits per heavy atom. The molecule has 0 saturated carbocycles. The summed E-state index contributed by atoms with van der Waals surface area (Å²) in [4.78, 5) is 11.4. The number of benzene rings is 2. The molecule has 29 heavy (non-hydrogen) atoms. The number of carboxylic acid groups (broad SMARTS) is 1. The predicted octanol–water partition coefficient (Wildman–Crippen LogP) is 4.35. The molecule has 0 bridgehead atoms. The van der Waals surface area contributed by atoms with Crippen LogP contribution in [0.15, 0.2) is 34.7 Å². The fourth-order valence-corrected chi connectivity index (χ4v) is 3.30. The van der Waals surface area contributed by atoms with Gasteiger partial charge in [0.05, 0.1) is 58.8 Å². The molecule has 2 aromatic carbocycles. The normalized spacial score (nSPS) is 10.7. The van der Waals surface area contributed by atoms with Crippen LogP contribution in [0.3, 0.4) is 0 Å². The minimum absolute atomic E-state index is 0.186. The standard InChI is InChI=1S/C22H22O7/c1-12-15-10-20(27-4)18(25-2)7-13(15)6-17(29-12)16-11-21(28-5)19(26-3)8-14(16)9-22(23)24/h6-8,10-11H,9H2,1-5H3/p+1. The average Bonchev–Trinajstić information content (AvgIpc) is 2.71. The van der Waals surface area contributed by atoms with Crippen LogP contribution in [-0.4, -0.2) is 39.5 Å². The van der Waals surface area contributed by atoms with E-state index in [1.165, 1.54) is 14.2 Å². The molecule has 0 saturated heterocycles. The molecule has 0 aliphatic carbocycles. The molecule has 0 unspecified atom stereocenters. The van der Waals surface area contributed by atoms with E-state index in [1.807, 2.05) is 25.1 Å². The van der Waals surface area contributed by atoms with Crippen molar-refractivity contribution < 1.29 is 33.3 Å². The van der Waals surface area contributed by atoms with Gasteiger partial charge in [-0.25, -0.2) is 4.42 Å². The van der Waals surface area contributed by atoms with Gasteiger partial charge in [0.1, 0.15) is 0 Å². The number of fused-ring (bicyclic) bond motifs is 1. The van der Waals surface area contributed by atoms with E-state index in [9.17, 15) is 9.90 Å². The predicted molar refractivity (Wildman–Crippen MR) is 108 cm³/mol. The van der Waals surface area contributed by atoms with Gasteiger partial charge < -0.3 is 24.1 Å². The first-order valence-corrected chi connectivity index (χ1v) is 8.88. The molecule has 152 valence electrons. The molecule has 3 aromatic rings. The van der Waals surface area contributed by atoms with E-state index in [2.05, 4.69) is 0 Å². The Bertz CT molecular complexity index is 1070. The third-order valence-electron chi connectivity index (χ3n) is 4.70. The van der Waals surface area contributed by atoms with Gasteiger partial charge in [-0.3, -0.25) is 4.79 Å². The Kier molecular flexibility index (Phi) is 5.77. The van der Waals surface area contributed by atoms with E-state index in [4.69, 9.17) is 23.4 Å². The summed E-state index contributed by atoms with van der Waals surface area (Å²) in [6, 6.07) is 8.94. The fraction of sp³-hybridized carbons (Fsp3) is 0.273. The highest BCUT2D eigenvalue weighted by Crippen LogP contribution is 2.40. The van der Waals surface area contributed by atoms with E-state index < -0.39 is 5.97 Å². The highest BCUT2D eigenvalue weighted by Gasteiger charge is 2.25. The Hall–Kier alpha value is -3.48. The lowest BCUT2D eigenvalue weighted by molar-refractivity contribution is -0.136. The summed E-state index contributed by atoms with van der Waals surface area (Å²) < 4.78 is 27.5. The summed E-state index contributed by atoms with van der Waals surface area (Å²) in [7, 11) is 6.18. The molecule has 0 aliphatic heterocycles. The molecular weight excluding hydrogens is 376 g/mol. The lowest BCUT2D eigenvalue weighted by atomic mass is 9.99. The topological polar surface area (TPSA) is 85.5 Å². The summed E-state index contributed by atoms with van der Waals surface area (Å²) in [6.07, 6.45) is -0.186. The van der Waals surface area contributed by atoms with Gasteiger partial charge in [-0.05, 0) is 17.7 Å². The van der Waals surface area contributed by atoms with Crippen molar-refractivity contribution in [3.8, 4) is 34.3 Å². The van der Waals surface area contributed by atoms with Crippen LogP contribution in [0.5, 0.6) is 23.0 Å². The van der Waals surface area contributed by atoms with Gasteiger partial charge in [0.25, 0.3) is 0 Å². The van der Waals surface area contributed by atoms with Gasteiger partial charge in [-0.2, -0.15) is 0 Å². The molecule has 0 fully saturated rings. The summed E-state index contributed by atoms with van der Waals surface area (Å²) in [5.74, 6) is 2.35. The molecule has 0 amide bonds. The van der Waals surface area contributed by atoms with Crippen molar-refractivity contribution in [2.75, 3.05) is 28.4 Å². The summed E-state index contributed by atoms with van der Waals surface area (Å²) in [5, 5.41) is 11.1. The SMILES string of the molecule is COc1cc(CC(=O)O)c(-c2cc3cc(OC)c(OC)cc3c(C)[o+]2)cc1OC. The highest BCUT2D eigenvalue weighted by atomic mass is 16.5. The zero-order valence-corrected chi connectivity index (χ0v) is 17.0. The number of aliphatic carboxylic acids is 1. The lowest BCUT2D eigenvalue weighted by Gasteiger charge is -2.12. The summed E-state index contributed by atoms with van der Waals surface area (Å²) >= 11 is 0. The quantitative estimate of drug-likeness (QED) is 0.591. The second-order valence-corrected chi connectivity index (χ2v) is 6.40. The van der Waals surface area contributed by atoms with Crippen LogP contribution in [0.25, 0.3) is 22.1 Å². The van der Waals surface area contributed by atoms with Crippen LogP contribution in [0, 0.1) is 6.92 Å². The van der Waals surface area contributed by atoms with E-state index >= 15 is 0 Å². The Morgan fingerprint density at radius 2 is 1.41 bits per heavy atom. The van der Waals surface area contributed by atoms with Gasteiger partial charge in [0.15, 0.2) is 23.0 Å². The third kappa shape index (κ3) is 3.89. The van der Waals surface area contributed by atoms with Crippen LogP contribution in [0.2, 0.25) is 0 Å². The molecule has 1 aromatic heterocycles. The Labute approximate surface area is 168 Å². The zero-order chi connectivity index (χ0) is 21.1. The number of hydrogen-bond acceptors (Lipinski definition) is 5. The zero-order valence-electron chi connectivity index (χ0n) is 17.0. The maximum Gasteiger partial charge on any atom is 0.361 e. The monoisotopic (exact) mass is 399 g/mol. The second kappa shape index (κ2) is 8.26. The third-order valence-corrected chi connectivity index (χ3v) is 4.70. The minimum atomic E-state index is -0.956. The summed E-state index contributed by atoms with van der Waals surface area (Å²) in [5.41, 5.74) is 1.17. The Balaban J connectivity index is 2.27. The van der Waals surface area contributed by atoms with Crippen LogP contribution in [-0.2, 0) is 11.2 Å². The number of rotatable bonds is 7. The number of aryl methyl sites for hydroxylation is 1. The number of ether oxygens (including phenoxy) is 4. The molecule has 7 heteroatoms. The molecule has 1 N–H and O–H groups in total. The molecule has 1 heterocycles. The second-order valence-electron chi connectivity index (χ2n) is 6.40. The van der Waals surface area contributed by atoms with Gasteiger partial charge in [0, 0.05) is 17.5 Å². The number of carbonyl (C=O) groups is 1. The van der Waals surface area contributed by atoms with Crippen molar-refractivity contribution in [3.05, 3.63) is 41.7 Å². The minimum Gasteiger partial charge on any atom is -0.493 e. The maximum absolute atomic E-state index is 11.4. The average molecular weight is 399 g/mol. The number of hydrogen-bond donors (Lipinski definition) is 1. The fourth-order valence-electron chi connectivity index (χ4n) is 3.30. The Morgan fingerprint density at radius 3 is 2.00 bits per heavy atom. The van der Waals surface area contributed by atoms with E-state index in [0.29, 0.717) is 45.6 Å². The first-order chi connectivity index (χ1) is 13.9.